The van der Waals surface area contributed by atoms with Gasteiger partial charge in [-0.15, -0.1) is 12.4 Å². The third-order valence-electron chi connectivity index (χ3n) is 3.61. The van der Waals surface area contributed by atoms with Gasteiger partial charge >= 0.3 is 0 Å². The highest BCUT2D eigenvalue weighted by Gasteiger charge is 2.31. The van der Waals surface area contributed by atoms with E-state index in [9.17, 15) is 18.5 Å². The number of nitrogens with one attached hydrogen (secondary N) is 1. The van der Waals surface area contributed by atoms with Crippen molar-refractivity contribution < 1.29 is 13.3 Å². The van der Waals surface area contributed by atoms with Crippen LogP contribution in [0.3, 0.4) is 0 Å². The summed E-state index contributed by atoms with van der Waals surface area (Å²) < 4.78 is 26.4. The Labute approximate surface area is 140 Å². The molecule has 0 saturated carbocycles. The number of rotatable bonds is 4. The van der Waals surface area contributed by atoms with Crippen molar-refractivity contribution in [2.75, 3.05) is 20.1 Å². The highest BCUT2D eigenvalue weighted by Crippen LogP contribution is 2.29. The van der Waals surface area contributed by atoms with Crippen molar-refractivity contribution in [1.82, 2.24) is 9.62 Å². The fourth-order valence-corrected chi connectivity index (χ4v) is 4.32. The zero-order valence-electron chi connectivity index (χ0n) is 11.9. The summed E-state index contributed by atoms with van der Waals surface area (Å²) in [4.78, 5) is 9.97. The van der Waals surface area contributed by atoms with E-state index in [0.717, 1.165) is 25.0 Å². The molecule has 0 unspecified atom stereocenters. The molecule has 1 aliphatic rings. The van der Waals surface area contributed by atoms with E-state index in [-0.39, 0.29) is 28.0 Å². The van der Waals surface area contributed by atoms with Crippen LogP contribution in [0, 0.1) is 10.1 Å². The molecule has 0 atom stereocenters. The zero-order valence-corrected chi connectivity index (χ0v) is 14.2. The van der Waals surface area contributed by atoms with E-state index in [1.54, 1.807) is 0 Å². The summed E-state index contributed by atoms with van der Waals surface area (Å²) in [7, 11) is -1.87. The maximum atomic E-state index is 12.5. The predicted octanol–water partition coefficient (Wildman–Crippen LogP) is 2.04. The van der Waals surface area contributed by atoms with Gasteiger partial charge in [0, 0.05) is 31.3 Å². The van der Waals surface area contributed by atoms with Gasteiger partial charge in [-0.25, -0.2) is 8.42 Å². The van der Waals surface area contributed by atoms with Crippen molar-refractivity contribution in [3.05, 3.63) is 33.3 Å². The molecule has 0 aliphatic carbocycles. The van der Waals surface area contributed by atoms with Gasteiger partial charge in [0.2, 0.25) is 10.0 Å². The number of nitro benzene ring substituents is 1. The number of nitrogens with zero attached hydrogens (tertiary/aromatic N) is 2. The molecule has 124 valence electrons. The third kappa shape index (κ3) is 3.88. The maximum Gasteiger partial charge on any atom is 0.271 e. The number of benzene rings is 1. The standard InChI is InChI=1S/C12H16ClN3O4S.ClH/c1-14-9-4-6-15(7-5-9)21(19,20)12-3-2-10(16(17)18)8-11(12)13;/h2-3,8-9,14H,4-7H2,1H3;1H. The molecule has 10 heteroatoms. The van der Waals surface area contributed by atoms with Gasteiger partial charge in [-0.2, -0.15) is 4.31 Å². The topological polar surface area (TPSA) is 92.6 Å². The van der Waals surface area contributed by atoms with Crippen LogP contribution in [0.15, 0.2) is 23.1 Å². The van der Waals surface area contributed by atoms with Crippen LogP contribution in [0.5, 0.6) is 0 Å². The summed E-state index contributed by atoms with van der Waals surface area (Å²) in [6.07, 6.45) is 1.45. The molecule has 1 fully saturated rings. The molecule has 0 spiro atoms. The van der Waals surface area contributed by atoms with Crippen LogP contribution >= 0.6 is 24.0 Å². The monoisotopic (exact) mass is 369 g/mol. The van der Waals surface area contributed by atoms with Crippen molar-refractivity contribution in [3.63, 3.8) is 0 Å². The smallest absolute Gasteiger partial charge is 0.271 e. The summed E-state index contributed by atoms with van der Waals surface area (Å²) in [5.41, 5.74) is -0.229. The van der Waals surface area contributed by atoms with E-state index in [2.05, 4.69) is 5.32 Å². The van der Waals surface area contributed by atoms with Crippen LogP contribution in [-0.2, 0) is 10.0 Å². The number of sulfonamides is 1. The molecule has 0 aromatic heterocycles. The molecule has 22 heavy (non-hydrogen) atoms. The molecule has 1 aliphatic heterocycles. The van der Waals surface area contributed by atoms with Crippen LogP contribution in [0.25, 0.3) is 0 Å². The average molecular weight is 370 g/mol. The fourth-order valence-electron chi connectivity index (χ4n) is 2.34. The van der Waals surface area contributed by atoms with Crippen molar-refractivity contribution in [2.45, 2.75) is 23.8 Å². The molecule has 0 bridgehead atoms. The Hall–Kier alpha value is -0.930. The second-order valence-corrected chi connectivity index (χ2v) is 7.15. The highest BCUT2D eigenvalue weighted by atomic mass is 35.5. The molecule has 2 rings (SSSR count). The SMILES string of the molecule is CNC1CCN(S(=O)(=O)c2ccc([N+](=O)[O-])cc2Cl)CC1.Cl. The van der Waals surface area contributed by atoms with E-state index in [0.29, 0.717) is 19.1 Å². The molecule has 1 aromatic carbocycles. The quantitative estimate of drug-likeness (QED) is 0.647. The average Bonchev–Trinajstić information content (AvgIpc) is 2.46. The fraction of sp³-hybridized carbons (Fsp3) is 0.500. The van der Waals surface area contributed by atoms with Crippen molar-refractivity contribution in [1.29, 1.82) is 0 Å². The Morgan fingerprint density at radius 2 is 1.95 bits per heavy atom. The van der Waals surface area contributed by atoms with Crippen molar-refractivity contribution >= 4 is 39.7 Å². The number of nitro groups is 1. The van der Waals surface area contributed by atoms with Crippen LogP contribution in [0.1, 0.15) is 12.8 Å². The molecule has 0 radical (unpaired) electrons. The lowest BCUT2D eigenvalue weighted by Gasteiger charge is -2.31. The molecular formula is C12H17Cl2N3O4S. The lowest BCUT2D eigenvalue weighted by molar-refractivity contribution is -0.384. The highest BCUT2D eigenvalue weighted by molar-refractivity contribution is 7.89. The minimum atomic E-state index is -3.72. The predicted molar refractivity (Wildman–Crippen MR) is 86.2 cm³/mol. The summed E-state index contributed by atoms with van der Waals surface area (Å²) in [5.74, 6) is 0. The largest absolute Gasteiger partial charge is 0.317 e. The first-order valence-corrected chi connectivity index (χ1v) is 8.29. The summed E-state index contributed by atoms with van der Waals surface area (Å²) in [6.45, 7) is 0.808. The second-order valence-electron chi connectivity index (χ2n) is 4.84. The van der Waals surface area contributed by atoms with E-state index >= 15 is 0 Å². The van der Waals surface area contributed by atoms with Gasteiger partial charge < -0.3 is 5.32 Å². The molecule has 7 nitrogen and oxygen atoms in total. The maximum absolute atomic E-state index is 12.5. The van der Waals surface area contributed by atoms with Crippen LogP contribution < -0.4 is 5.32 Å². The normalized spacial score (nSPS) is 17.0. The minimum absolute atomic E-state index is 0. The molecule has 1 saturated heterocycles. The van der Waals surface area contributed by atoms with Crippen LogP contribution in [-0.4, -0.2) is 43.8 Å². The van der Waals surface area contributed by atoms with E-state index in [4.69, 9.17) is 11.6 Å². The van der Waals surface area contributed by atoms with Crippen molar-refractivity contribution in [3.8, 4) is 0 Å². The molecular weight excluding hydrogens is 353 g/mol. The first-order chi connectivity index (χ1) is 9.86. The molecule has 1 aromatic rings. The summed E-state index contributed by atoms with van der Waals surface area (Å²) >= 11 is 5.91. The van der Waals surface area contributed by atoms with E-state index in [1.807, 2.05) is 7.05 Å². The van der Waals surface area contributed by atoms with Gasteiger partial charge in [-0.3, -0.25) is 10.1 Å². The molecule has 0 amide bonds. The second kappa shape index (κ2) is 7.56. The Morgan fingerprint density at radius 3 is 2.41 bits per heavy atom. The van der Waals surface area contributed by atoms with Crippen LogP contribution in [0.2, 0.25) is 5.02 Å². The molecule has 1 heterocycles. The van der Waals surface area contributed by atoms with Gasteiger partial charge in [-0.1, -0.05) is 11.6 Å². The van der Waals surface area contributed by atoms with Crippen molar-refractivity contribution in [2.24, 2.45) is 0 Å². The van der Waals surface area contributed by atoms with E-state index in [1.165, 1.54) is 10.4 Å². The number of halogens is 2. The Balaban J connectivity index is 0.00000242. The molecule has 1 N–H and O–H groups in total. The Morgan fingerprint density at radius 1 is 1.36 bits per heavy atom. The zero-order chi connectivity index (χ0) is 15.6. The van der Waals surface area contributed by atoms with Gasteiger partial charge in [0.25, 0.3) is 5.69 Å². The first kappa shape index (κ1) is 19.1. The minimum Gasteiger partial charge on any atom is -0.317 e. The van der Waals surface area contributed by atoms with Gasteiger partial charge in [0.1, 0.15) is 4.90 Å². The number of piperidine rings is 1. The lowest BCUT2D eigenvalue weighted by Crippen LogP contribution is -2.43. The first-order valence-electron chi connectivity index (χ1n) is 6.47. The van der Waals surface area contributed by atoms with Gasteiger partial charge in [0.05, 0.1) is 9.95 Å². The van der Waals surface area contributed by atoms with Gasteiger partial charge in [0.15, 0.2) is 0 Å². The summed E-state index contributed by atoms with van der Waals surface area (Å²) in [5, 5.41) is 13.7. The van der Waals surface area contributed by atoms with Crippen LogP contribution in [0.4, 0.5) is 5.69 Å². The number of hydrogen-bond acceptors (Lipinski definition) is 5. The third-order valence-corrected chi connectivity index (χ3v) is 5.99. The lowest BCUT2D eigenvalue weighted by atomic mass is 10.1. The number of non-ortho nitro benzene ring substituents is 1. The summed E-state index contributed by atoms with van der Waals surface area (Å²) in [6, 6.07) is 3.72. The number of hydrogen-bond donors (Lipinski definition) is 1. The van der Waals surface area contributed by atoms with E-state index < -0.39 is 14.9 Å². The Kier molecular flexibility index (Phi) is 6.57. The Bertz CT molecular complexity index is 646. The van der Waals surface area contributed by atoms with Gasteiger partial charge in [-0.05, 0) is 26.0 Å².